The van der Waals surface area contributed by atoms with Gasteiger partial charge in [-0.3, -0.25) is 0 Å². The van der Waals surface area contributed by atoms with E-state index in [-0.39, 0.29) is 21.9 Å². The molecule has 1 N–H and O–H groups in total. The molecule has 0 spiro atoms. The van der Waals surface area contributed by atoms with E-state index in [9.17, 15) is 4.39 Å². The van der Waals surface area contributed by atoms with Crippen molar-refractivity contribution in [3.8, 4) is 5.75 Å². The lowest BCUT2D eigenvalue weighted by Gasteiger charge is -2.40. The Morgan fingerprint density at radius 3 is 2.53 bits per heavy atom. The smallest absolute Gasteiger partial charge is 0.185 e. The first-order valence-electron chi connectivity index (χ1n) is 6.69. The van der Waals surface area contributed by atoms with Crippen LogP contribution in [0.2, 0.25) is 10.0 Å². The van der Waals surface area contributed by atoms with Gasteiger partial charge in [-0.15, -0.1) is 0 Å². The molecule has 0 aliphatic carbocycles. The second kappa shape index (κ2) is 5.47. The van der Waals surface area contributed by atoms with Crippen LogP contribution in [0.25, 0.3) is 0 Å². The molecule has 3 rings (SSSR count). The van der Waals surface area contributed by atoms with E-state index in [0.29, 0.717) is 12.1 Å². The molecular weight excluding hydrogens is 288 g/mol. The van der Waals surface area contributed by atoms with Gasteiger partial charge in [0.05, 0.1) is 10.0 Å². The van der Waals surface area contributed by atoms with Crippen LogP contribution in [-0.4, -0.2) is 18.2 Å². The molecular formula is C14H16Cl2FNO. The average molecular weight is 304 g/mol. The molecule has 0 unspecified atom stereocenters. The van der Waals surface area contributed by atoms with Crippen LogP contribution < -0.4 is 10.1 Å². The topological polar surface area (TPSA) is 21.3 Å². The third kappa shape index (κ3) is 2.83. The molecule has 3 atom stereocenters. The maximum Gasteiger partial charge on any atom is 0.185 e. The molecule has 2 bridgehead atoms. The highest BCUT2D eigenvalue weighted by molar-refractivity contribution is 6.42. The van der Waals surface area contributed by atoms with Crippen molar-refractivity contribution >= 4 is 23.2 Å². The molecule has 2 aliphatic rings. The fraction of sp³-hybridized carbons (Fsp3) is 0.571. The van der Waals surface area contributed by atoms with Crippen molar-refractivity contribution in [2.75, 3.05) is 0 Å². The first-order chi connectivity index (χ1) is 9.13. The lowest BCUT2D eigenvalue weighted by molar-refractivity contribution is 0.0893. The Morgan fingerprint density at radius 2 is 1.84 bits per heavy atom. The van der Waals surface area contributed by atoms with Crippen LogP contribution in [0.1, 0.15) is 32.1 Å². The summed E-state index contributed by atoms with van der Waals surface area (Å²) in [5, 5.41) is 3.74. The number of piperidine rings is 2. The van der Waals surface area contributed by atoms with E-state index >= 15 is 0 Å². The van der Waals surface area contributed by atoms with E-state index in [1.165, 1.54) is 19.3 Å². The van der Waals surface area contributed by atoms with Gasteiger partial charge < -0.3 is 10.1 Å². The second-order valence-corrected chi connectivity index (χ2v) is 6.16. The van der Waals surface area contributed by atoms with Crippen molar-refractivity contribution in [1.82, 2.24) is 5.32 Å². The third-order valence-corrected chi connectivity index (χ3v) is 4.75. The predicted molar refractivity (Wildman–Crippen MR) is 74.6 cm³/mol. The van der Waals surface area contributed by atoms with Gasteiger partial charge in [-0.1, -0.05) is 29.6 Å². The fourth-order valence-corrected chi connectivity index (χ4v) is 3.39. The minimum absolute atomic E-state index is 0.0586. The zero-order valence-electron chi connectivity index (χ0n) is 10.5. The molecule has 2 saturated heterocycles. The summed E-state index contributed by atoms with van der Waals surface area (Å²) in [5.74, 6) is -0.350. The Morgan fingerprint density at radius 1 is 1.16 bits per heavy atom. The lowest BCUT2D eigenvalue weighted by atomic mass is 9.85. The molecule has 0 radical (unpaired) electrons. The summed E-state index contributed by atoms with van der Waals surface area (Å²) in [6.07, 6.45) is 5.55. The van der Waals surface area contributed by atoms with E-state index in [0.717, 1.165) is 12.8 Å². The summed E-state index contributed by atoms with van der Waals surface area (Å²) in [7, 11) is 0. The fourth-order valence-electron chi connectivity index (χ4n) is 3.09. The first-order valence-corrected chi connectivity index (χ1v) is 7.45. The second-order valence-electron chi connectivity index (χ2n) is 5.38. The number of rotatable bonds is 2. The van der Waals surface area contributed by atoms with Gasteiger partial charge in [0.15, 0.2) is 11.6 Å². The number of halogens is 3. The highest BCUT2D eigenvalue weighted by atomic mass is 35.5. The van der Waals surface area contributed by atoms with E-state index < -0.39 is 5.82 Å². The van der Waals surface area contributed by atoms with Crippen LogP contribution in [0.3, 0.4) is 0 Å². The molecule has 0 saturated carbocycles. The van der Waals surface area contributed by atoms with Gasteiger partial charge in [-0.25, -0.2) is 4.39 Å². The highest BCUT2D eigenvalue weighted by Gasteiger charge is 2.32. The summed E-state index contributed by atoms with van der Waals surface area (Å²) in [6, 6.07) is 4.14. The van der Waals surface area contributed by atoms with Crippen molar-refractivity contribution in [3.63, 3.8) is 0 Å². The van der Waals surface area contributed by atoms with Gasteiger partial charge in [-0.2, -0.15) is 0 Å². The van der Waals surface area contributed by atoms with Crippen molar-refractivity contribution in [2.45, 2.75) is 50.3 Å². The van der Waals surface area contributed by atoms with Gasteiger partial charge in [0.25, 0.3) is 0 Å². The quantitative estimate of drug-likeness (QED) is 0.827. The van der Waals surface area contributed by atoms with Crippen molar-refractivity contribution in [3.05, 3.63) is 28.0 Å². The summed E-state index contributed by atoms with van der Waals surface area (Å²) in [5.41, 5.74) is 0. The van der Waals surface area contributed by atoms with Gasteiger partial charge >= 0.3 is 0 Å². The maximum atomic E-state index is 14.0. The van der Waals surface area contributed by atoms with Gasteiger partial charge in [0.2, 0.25) is 0 Å². The number of benzene rings is 1. The van der Waals surface area contributed by atoms with Gasteiger partial charge in [0, 0.05) is 12.1 Å². The number of hydrogen-bond acceptors (Lipinski definition) is 2. The van der Waals surface area contributed by atoms with Crippen LogP contribution in [-0.2, 0) is 0 Å². The van der Waals surface area contributed by atoms with Crippen molar-refractivity contribution in [1.29, 1.82) is 0 Å². The number of fused-ring (bicyclic) bond motifs is 2. The molecule has 2 fully saturated rings. The minimum atomic E-state index is -0.558. The standard InChI is InChI=1S/C14H16Cl2FNO/c15-11-4-5-12(14(17)13(11)16)19-10-6-8-2-1-3-9(7-10)18-8/h4-5,8-10,18H,1-3,6-7H2/t8-,9+,10-. The summed E-state index contributed by atoms with van der Waals surface area (Å²) in [6.45, 7) is 0. The number of ether oxygens (including phenoxy) is 1. The largest absolute Gasteiger partial charge is 0.487 e. The first kappa shape index (κ1) is 13.5. The van der Waals surface area contributed by atoms with Crippen molar-refractivity contribution < 1.29 is 9.13 Å². The van der Waals surface area contributed by atoms with E-state index in [1.54, 1.807) is 12.1 Å². The number of hydrogen-bond donors (Lipinski definition) is 1. The maximum absolute atomic E-state index is 14.0. The third-order valence-electron chi connectivity index (χ3n) is 3.96. The van der Waals surface area contributed by atoms with Crippen LogP contribution in [0.15, 0.2) is 12.1 Å². The van der Waals surface area contributed by atoms with Crippen molar-refractivity contribution in [2.24, 2.45) is 0 Å². The molecule has 19 heavy (non-hydrogen) atoms. The summed E-state index contributed by atoms with van der Waals surface area (Å²) < 4.78 is 19.8. The van der Waals surface area contributed by atoms with E-state index in [2.05, 4.69) is 5.32 Å². The Kier molecular flexibility index (Phi) is 3.88. The zero-order valence-corrected chi connectivity index (χ0v) is 12.0. The normalized spacial score (nSPS) is 30.2. The molecule has 2 aliphatic heterocycles. The molecule has 0 amide bonds. The predicted octanol–water partition coefficient (Wildman–Crippen LogP) is 4.18. The molecule has 2 heterocycles. The molecule has 104 valence electrons. The van der Waals surface area contributed by atoms with E-state index in [1.807, 2.05) is 0 Å². The summed E-state index contributed by atoms with van der Waals surface area (Å²) >= 11 is 11.6. The average Bonchev–Trinajstić information content (AvgIpc) is 2.39. The summed E-state index contributed by atoms with van der Waals surface area (Å²) in [4.78, 5) is 0. The molecule has 1 aromatic carbocycles. The zero-order chi connectivity index (χ0) is 13.4. The monoisotopic (exact) mass is 303 g/mol. The molecule has 0 aromatic heterocycles. The van der Waals surface area contributed by atoms with Gasteiger partial charge in [-0.05, 0) is 37.8 Å². The minimum Gasteiger partial charge on any atom is -0.487 e. The molecule has 1 aromatic rings. The molecule has 2 nitrogen and oxygen atoms in total. The highest BCUT2D eigenvalue weighted by Crippen LogP contribution is 2.34. The van der Waals surface area contributed by atoms with Crippen LogP contribution in [0.4, 0.5) is 4.39 Å². The Bertz CT molecular complexity index is 471. The molecule has 5 heteroatoms. The SMILES string of the molecule is Fc1c(O[C@@H]2C[C@H]3CCC[C@@H](C2)N3)ccc(Cl)c1Cl. The Hall–Kier alpha value is -0.510. The van der Waals surface area contributed by atoms with Crippen LogP contribution >= 0.6 is 23.2 Å². The van der Waals surface area contributed by atoms with Gasteiger partial charge in [0.1, 0.15) is 6.10 Å². The lowest BCUT2D eigenvalue weighted by Crippen LogP contribution is -2.51. The Balaban J connectivity index is 1.73. The Labute approximate surface area is 122 Å². The van der Waals surface area contributed by atoms with Crippen LogP contribution in [0, 0.1) is 5.82 Å². The van der Waals surface area contributed by atoms with Crippen LogP contribution in [0.5, 0.6) is 5.75 Å². The number of nitrogens with one attached hydrogen (secondary N) is 1. The van der Waals surface area contributed by atoms with E-state index in [4.69, 9.17) is 27.9 Å².